The maximum absolute atomic E-state index is 13.4. The number of hydrogen-bond acceptors (Lipinski definition) is 5. The number of halogens is 3. The number of nitrogens with zero attached hydrogens (tertiary/aromatic N) is 2. The van der Waals surface area contributed by atoms with Gasteiger partial charge in [0.25, 0.3) is 0 Å². The number of aromatic nitrogens is 1. The second kappa shape index (κ2) is 8.23. The molecule has 0 aliphatic carbocycles. The fourth-order valence-electron chi connectivity index (χ4n) is 2.17. The molecule has 2 aromatic rings. The highest BCUT2D eigenvalue weighted by molar-refractivity contribution is 8.00. The van der Waals surface area contributed by atoms with Gasteiger partial charge in [-0.15, -0.1) is 0 Å². The molecule has 1 aromatic heterocycles. The number of nitriles is 1. The monoisotopic (exact) mass is 380 g/mol. The Labute approximate surface area is 153 Å². The molecule has 1 heterocycles. The lowest BCUT2D eigenvalue weighted by Crippen LogP contribution is -2.18. The van der Waals surface area contributed by atoms with Gasteiger partial charge in [-0.3, -0.25) is 4.79 Å². The molecule has 136 valence electrons. The van der Waals surface area contributed by atoms with Gasteiger partial charge in [0, 0.05) is 5.56 Å². The van der Waals surface area contributed by atoms with Gasteiger partial charge in [0.15, 0.2) is 0 Å². The fraction of sp³-hybridized carbons (Fsp3) is 0.278. The smallest absolute Gasteiger partial charge is 0.417 e. The van der Waals surface area contributed by atoms with E-state index in [1.54, 1.807) is 43.3 Å². The Balaban J connectivity index is 2.58. The number of pyridine rings is 1. The van der Waals surface area contributed by atoms with Crippen molar-refractivity contribution in [1.29, 1.82) is 5.26 Å². The third-order valence-corrected chi connectivity index (χ3v) is 4.44. The van der Waals surface area contributed by atoms with Crippen molar-refractivity contribution in [3.63, 3.8) is 0 Å². The van der Waals surface area contributed by atoms with Gasteiger partial charge >= 0.3 is 12.1 Å². The Bertz CT molecular complexity index is 833. The van der Waals surface area contributed by atoms with E-state index in [0.717, 1.165) is 17.8 Å². The molecule has 4 nitrogen and oxygen atoms in total. The molecular weight excluding hydrogens is 365 g/mol. The van der Waals surface area contributed by atoms with Gasteiger partial charge in [0.2, 0.25) is 0 Å². The molecule has 26 heavy (non-hydrogen) atoms. The molecule has 0 radical (unpaired) electrons. The van der Waals surface area contributed by atoms with Crippen molar-refractivity contribution < 1.29 is 22.7 Å². The van der Waals surface area contributed by atoms with Crippen LogP contribution in [-0.2, 0) is 15.7 Å². The van der Waals surface area contributed by atoms with Crippen LogP contribution in [0, 0.1) is 11.3 Å². The van der Waals surface area contributed by atoms with E-state index in [4.69, 9.17) is 4.74 Å². The first kappa shape index (κ1) is 19.8. The molecule has 2 rings (SSSR count). The van der Waals surface area contributed by atoms with Gasteiger partial charge in [-0.1, -0.05) is 42.1 Å². The molecule has 0 N–H and O–H groups in total. The summed E-state index contributed by atoms with van der Waals surface area (Å²) in [6, 6.07) is 10.8. The van der Waals surface area contributed by atoms with Crippen molar-refractivity contribution in [3.05, 3.63) is 47.5 Å². The highest BCUT2D eigenvalue weighted by Crippen LogP contribution is 2.38. The van der Waals surface area contributed by atoms with Crippen LogP contribution in [0.5, 0.6) is 0 Å². The van der Waals surface area contributed by atoms with Gasteiger partial charge in [-0.2, -0.15) is 18.4 Å². The average molecular weight is 380 g/mol. The number of alkyl halides is 3. The Morgan fingerprint density at radius 3 is 2.54 bits per heavy atom. The molecular formula is C18H15F3N2O2S. The minimum atomic E-state index is -4.72. The number of ether oxygens (including phenoxy) is 1. The molecule has 0 aliphatic heterocycles. The number of hydrogen-bond donors (Lipinski definition) is 0. The number of benzene rings is 1. The standard InChI is InChI=1S/C18H15F3N2O2S/c1-3-25-17(24)11(2)26-16-13(10-22)14(18(19,20)21)9-15(23-16)12-7-5-4-6-8-12/h4-9,11H,3H2,1-2H3. The Morgan fingerprint density at radius 2 is 2.00 bits per heavy atom. The molecule has 0 saturated heterocycles. The highest BCUT2D eigenvalue weighted by Gasteiger charge is 2.36. The Hall–Kier alpha value is -2.53. The van der Waals surface area contributed by atoms with Crippen LogP contribution in [0.25, 0.3) is 11.3 Å². The predicted molar refractivity (Wildman–Crippen MR) is 91.3 cm³/mol. The highest BCUT2D eigenvalue weighted by atomic mass is 32.2. The largest absolute Gasteiger partial charge is 0.465 e. The van der Waals surface area contributed by atoms with Crippen molar-refractivity contribution >= 4 is 17.7 Å². The number of esters is 1. The van der Waals surface area contributed by atoms with Gasteiger partial charge in [-0.25, -0.2) is 4.98 Å². The van der Waals surface area contributed by atoms with Crippen LogP contribution >= 0.6 is 11.8 Å². The summed E-state index contributed by atoms with van der Waals surface area (Å²) in [6.45, 7) is 3.28. The van der Waals surface area contributed by atoms with Crippen LogP contribution < -0.4 is 0 Å². The normalized spacial score (nSPS) is 12.3. The summed E-state index contributed by atoms with van der Waals surface area (Å²) < 4.78 is 45.2. The zero-order valence-corrected chi connectivity index (χ0v) is 14.8. The Morgan fingerprint density at radius 1 is 1.35 bits per heavy atom. The van der Waals surface area contributed by atoms with Crippen LogP contribution in [0.3, 0.4) is 0 Å². The first-order valence-corrected chi connectivity index (χ1v) is 8.57. The second-order valence-electron chi connectivity index (χ2n) is 5.22. The van der Waals surface area contributed by atoms with E-state index in [1.165, 1.54) is 6.92 Å². The van der Waals surface area contributed by atoms with E-state index in [0.29, 0.717) is 5.56 Å². The molecule has 0 fully saturated rings. The Kier molecular flexibility index (Phi) is 6.27. The maximum Gasteiger partial charge on any atom is 0.417 e. The van der Waals surface area contributed by atoms with Crippen molar-refractivity contribution in [2.24, 2.45) is 0 Å². The van der Waals surface area contributed by atoms with Crippen molar-refractivity contribution in [3.8, 4) is 17.3 Å². The molecule has 0 bridgehead atoms. The van der Waals surface area contributed by atoms with Gasteiger partial charge in [0.1, 0.15) is 16.3 Å². The quantitative estimate of drug-likeness (QED) is 0.557. The topological polar surface area (TPSA) is 63.0 Å². The van der Waals surface area contributed by atoms with E-state index < -0.39 is 28.5 Å². The van der Waals surface area contributed by atoms with E-state index in [9.17, 15) is 23.2 Å². The molecule has 0 aliphatic rings. The van der Waals surface area contributed by atoms with E-state index >= 15 is 0 Å². The van der Waals surface area contributed by atoms with Crippen molar-refractivity contribution in [1.82, 2.24) is 4.98 Å². The zero-order chi connectivity index (χ0) is 19.3. The lowest BCUT2D eigenvalue weighted by atomic mass is 10.1. The number of thioether (sulfide) groups is 1. The van der Waals surface area contributed by atoms with Gasteiger partial charge < -0.3 is 4.74 Å². The van der Waals surface area contributed by atoms with Crippen molar-refractivity contribution in [2.45, 2.75) is 30.3 Å². The molecule has 1 aromatic carbocycles. The van der Waals surface area contributed by atoms with Crippen LogP contribution in [0.2, 0.25) is 0 Å². The summed E-state index contributed by atoms with van der Waals surface area (Å²) in [7, 11) is 0. The number of carbonyl (C=O) groups is 1. The molecule has 1 atom stereocenters. The van der Waals surface area contributed by atoms with Crippen LogP contribution in [-0.4, -0.2) is 22.8 Å². The van der Waals surface area contributed by atoms with Gasteiger partial charge in [-0.05, 0) is 19.9 Å². The number of carbonyl (C=O) groups excluding carboxylic acids is 1. The molecule has 1 unspecified atom stereocenters. The fourth-order valence-corrected chi connectivity index (χ4v) is 3.09. The predicted octanol–water partition coefficient (Wildman–Crippen LogP) is 4.68. The third kappa shape index (κ3) is 4.55. The average Bonchev–Trinajstić information content (AvgIpc) is 2.61. The minimum Gasteiger partial charge on any atom is -0.465 e. The zero-order valence-electron chi connectivity index (χ0n) is 14.0. The second-order valence-corrected chi connectivity index (χ2v) is 6.55. The van der Waals surface area contributed by atoms with Crippen LogP contribution in [0.15, 0.2) is 41.4 Å². The third-order valence-electron chi connectivity index (χ3n) is 3.38. The van der Waals surface area contributed by atoms with Crippen LogP contribution in [0.1, 0.15) is 25.0 Å². The van der Waals surface area contributed by atoms with Crippen molar-refractivity contribution in [2.75, 3.05) is 6.61 Å². The molecule has 0 saturated carbocycles. The number of rotatable bonds is 5. The van der Waals surface area contributed by atoms with Crippen LogP contribution in [0.4, 0.5) is 13.2 Å². The summed E-state index contributed by atoms with van der Waals surface area (Å²) in [5.74, 6) is -0.582. The minimum absolute atomic E-state index is 0.0792. The molecule has 0 spiro atoms. The van der Waals surface area contributed by atoms with E-state index in [-0.39, 0.29) is 17.3 Å². The first-order valence-electron chi connectivity index (χ1n) is 7.69. The summed E-state index contributed by atoms with van der Waals surface area (Å²) in [5.41, 5.74) is -1.12. The lowest BCUT2D eigenvalue weighted by Gasteiger charge is -2.16. The summed E-state index contributed by atoms with van der Waals surface area (Å²) in [5, 5.41) is 8.30. The summed E-state index contributed by atoms with van der Waals surface area (Å²) in [6.07, 6.45) is -4.72. The lowest BCUT2D eigenvalue weighted by molar-refractivity contribution is -0.142. The molecule has 8 heteroatoms. The van der Waals surface area contributed by atoms with Gasteiger partial charge in [0.05, 0.1) is 23.4 Å². The van der Waals surface area contributed by atoms with E-state index in [1.807, 2.05) is 0 Å². The molecule has 0 amide bonds. The first-order chi connectivity index (χ1) is 12.3. The maximum atomic E-state index is 13.4. The van der Waals surface area contributed by atoms with E-state index in [2.05, 4.69) is 4.98 Å². The SMILES string of the molecule is CCOC(=O)C(C)Sc1nc(-c2ccccc2)cc(C(F)(F)F)c1C#N. The summed E-state index contributed by atoms with van der Waals surface area (Å²) in [4.78, 5) is 16.0. The summed E-state index contributed by atoms with van der Waals surface area (Å²) >= 11 is 0.774.